The Morgan fingerprint density at radius 2 is 1.59 bits per heavy atom. The van der Waals surface area contributed by atoms with Gasteiger partial charge in [0.2, 0.25) is 0 Å². The third-order valence-electron chi connectivity index (χ3n) is 7.98. The van der Waals surface area contributed by atoms with Crippen LogP contribution in [0.2, 0.25) is 5.02 Å². The third-order valence-corrected chi connectivity index (χ3v) is 8.31. The van der Waals surface area contributed by atoms with Crippen LogP contribution in [0.5, 0.6) is 0 Å². The predicted molar refractivity (Wildman–Crippen MR) is 165 cm³/mol. The molecule has 3 aromatic carbocycles. The van der Waals surface area contributed by atoms with Crippen LogP contribution in [0.25, 0.3) is 0 Å². The van der Waals surface area contributed by atoms with Crippen molar-refractivity contribution in [3.05, 3.63) is 94.5 Å². The molecular formula is C33H39ClN4O3. The van der Waals surface area contributed by atoms with E-state index >= 15 is 0 Å². The Kier molecular flexibility index (Phi) is 10.3. The number of ether oxygens (including phenoxy) is 1. The molecule has 0 spiro atoms. The molecule has 2 N–H and O–H groups in total. The average Bonchev–Trinajstić information content (AvgIpc) is 3.01. The zero-order valence-electron chi connectivity index (χ0n) is 23.5. The first-order chi connectivity index (χ1) is 20.1. The number of nitrogens with one attached hydrogen (secondary N) is 2. The molecule has 5 rings (SSSR count). The molecule has 3 aromatic rings. The Bertz CT molecular complexity index is 1300. The maximum absolute atomic E-state index is 13.5. The van der Waals surface area contributed by atoms with Gasteiger partial charge in [0.05, 0.1) is 29.4 Å². The van der Waals surface area contributed by atoms with Gasteiger partial charge in [-0.2, -0.15) is 0 Å². The standard InChI is InChI=1S/C33H39ClN4O3/c34-30-10-5-4-9-28(30)33(40)36-27-11-12-31(38-17-13-26(14-18-38)23-25-7-2-1-3-8-25)29(24-27)32(39)35-15-6-16-37-19-21-41-22-20-37/h1-5,7-12,24,26H,6,13-23H2,(H,35,39)(H,36,40). The number of amides is 2. The van der Waals surface area contributed by atoms with Gasteiger partial charge in [0.15, 0.2) is 0 Å². The zero-order chi connectivity index (χ0) is 28.4. The van der Waals surface area contributed by atoms with Crippen molar-refractivity contribution in [1.29, 1.82) is 0 Å². The van der Waals surface area contributed by atoms with E-state index in [1.165, 1.54) is 5.56 Å². The molecule has 2 aliphatic heterocycles. The quantitative estimate of drug-likeness (QED) is 0.313. The van der Waals surface area contributed by atoms with Crippen LogP contribution in [0.4, 0.5) is 11.4 Å². The van der Waals surface area contributed by atoms with E-state index in [1.807, 2.05) is 12.1 Å². The molecule has 2 saturated heterocycles. The fraction of sp³-hybridized carbons (Fsp3) is 0.394. The third kappa shape index (κ3) is 8.09. The number of halogens is 1. The lowest BCUT2D eigenvalue weighted by Gasteiger charge is -2.35. The number of carbonyl (C=O) groups is 2. The summed E-state index contributed by atoms with van der Waals surface area (Å²) in [4.78, 5) is 31.1. The maximum atomic E-state index is 13.5. The van der Waals surface area contributed by atoms with Crippen LogP contribution in [0.1, 0.15) is 45.5 Å². The predicted octanol–water partition coefficient (Wildman–Crippen LogP) is 5.50. The normalized spacial score (nSPS) is 16.4. The van der Waals surface area contributed by atoms with E-state index in [1.54, 1.807) is 30.3 Å². The molecule has 216 valence electrons. The van der Waals surface area contributed by atoms with Crippen molar-refractivity contribution in [2.45, 2.75) is 25.7 Å². The Hall–Kier alpha value is -3.39. The van der Waals surface area contributed by atoms with Crippen LogP contribution < -0.4 is 15.5 Å². The second kappa shape index (κ2) is 14.5. The summed E-state index contributed by atoms with van der Waals surface area (Å²) in [5.41, 5.74) is 3.82. The summed E-state index contributed by atoms with van der Waals surface area (Å²) in [5.74, 6) is 0.199. The molecule has 8 heteroatoms. The van der Waals surface area contributed by atoms with E-state index in [2.05, 4.69) is 50.8 Å². The summed E-state index contributed by atoms with van der Waals surface area (Å²) in [7, 11) is 0. The van der Waals surface area contributed by atoms with Crippen molar-refractivity contribution < 1.29 is 14.3 Å². The lowest BCUT2D eigenvalue weighted by Crippen LogP contribution is -2.38. The highest BCUT2D eigenvalue weighted by Gasteiger charge is 2.24. The van der Waals surface area contributed by atoms with Crippen molar-refractivity contribution in [2.24, 2.45) is 5.92 Å². The summed E-state index contributed by atoms with van der Waals surface area (Å²) in [5, 5.41) is 6.44. The Balaban J connectivity index is 1.26. The first kappa shape index (κ1) is 29.1. The Morgan fingerprint density at radius 1 is 0.854 bits per heavy atom. The number of carbonyl (C=O) groups excluding carboxylic acids is 2. The number of anilines is 2. The molecule has 0 atom stereocenters. The molecule has 2 aliphatic rings. The van der Waals surface area contributed by atoms with Crippen molar-refractivity contribution in [3.63, 3.8) is 0 Å². The average molecular weight is 575 g/mol. The van der Waals surface area contributed by atoms with Gasteiger partial charge in [-0.05, 0) is 74.0 Å². The van der Waals surface area contributed by atoms with Gasteiger partial charge in [-0.3, -0.25) is 14.5 Å². The van der Waals surface area contributed by atoms with E-state index in [0.29, 0.717) is 34.3 Å². The van der Waals surface area contributed by atoms with Gasteiger partial charge < -0.3 is 20.3 Å². The minimum atomic E-state index is -0.304. The molecule has 2 fully saturated rings. The molecule has 0 radical (unpaired) electrons. The topological polar surface area (TPSA) is 73.9 Å². The summed E-state index contributed by atoms with van der Waals surface area (Å²) >= 11 is 6.24. The van der Waals surface area contributed by atoms with E-state index in [4.69, 9.17) is 16.3 Å². The molecule has 0 saturated carbocycles. The smallest absolute Gasteiger partial charge is 0.257 e. The van der Waals surface area contributed by atoms with E-state index < -0.39 is 0 Å². The van der Waals surface area contributed by atoms with Gasteiger partial charge in [-0.1, -0.05) is 54.1 Å². The summed E-state index contributed by atoms with van der Waals surface area (Å²) < 4.78 is 5.43. The highest BCUT2D eigenvalue weighted by molar-refractivity contribution is 6.34. The SMILES string of the molecule is O=C(Nc1ccc(N2CCC(Cc3ccccc3)CC2)c(C(=O)NCCCN2CCOCC2)c1)c1ccccc1Cl. The van der Waals surface area contributed by atoms with Crippen LogP contribution in [-0.2, 0) is 11.2 Å². The summed E-state index contributed by atoms with van der Waals surface area (Å²) in [6, 6.07) is 23.2. The first-order valence-electron chi connectivity index (χ1n) is 14.6. The molecule has 0 aliphatic carbocycles. The van der Waals surface area contributed by atoms with Crippen LogP contribution in [0, 0.1) is 5.92 Å². The van der Waals surface area contributed by atoms with Crippen LogP contribution in [-0.4, -0.2) is 69.2 Å². The van der Waals surface area contributed by atoms with E-state index in [-0.39, 0.29) is 11.8 Å². The Labute approximate surface area is 247 Å². The molecule has 0 bridgehead atoms. The number of piperidine rings is 1. The van der Waals surface area contributed by atoms with Crippen molar-refractivity contribution in [1.82, 2.24) is 10.2 Å². The van der Waals surface area contributed by atoms with Gasteiger partial charge in [0.25, 0.3) is 11.8 Å². The zero-order valence-corrected chi connectivity index (χ0v) is 24.2. The van der Waals surface area contributed by atoms with Gasteiger partial charge in [-0.25, -0.2) is 0 Å². The van der Waals surface area contributed by atoms with Gasteiger partial charge in [-0.15, -0.1) is 0 Å². The maximum Gasteiger partial charge on any atom is 0.257 e. The van der Waals surface area contributed by atoms with Gasteiger partial charge in [0, 0.05) is 44.1 Å². The highest BCUT2D eigenvalue weighted by Crippen LogP contribution is 2.30. The van der Waals surface area contributed by atoms with Crippen LogP contribution in [0.3, 0.4) is 0 Å². The van der Waals surface area contributed by atoms with Gasteiger partial charge >= 0.3 is 0 Å². The second-order valence-corrected chi connectivity index (χ2v) is 11.3. The molecule has 0 unspecified atom stereocenters. The van der Waals surface area contributed by atoms with Crippen molar-refractivity contribution in [2.75, 3.05) is 62.7 Å². The molecule has 41 heavy (non-hydrogen) atoms. The number of nitrogens with zero attached hydrogens (tertiary/aromatic N) is 2. The Morgan fingerprint density at radius 3 is 2.34 bits per heavy atom. The van der Waals surface area contributed by atoms with Crippen molar-refractivity contribution >= 4 is 34.8 Å². The summed E-state index contributed by atoms with van der Waals surface area (Å²) in [6.45, 7) is 6.70. The minimum absolute atomic E-state index is 0.123. The highest BCUT2D eigenvalue weighted by atomic mass is 35.5. The number of benzene rings is 3. The van der Waals surface area contributed by atoms with Crippen molar-refractivity contribution in [3.8, 4) is 0 Å². The fourth-order valence-corrected chi connectivity index (χ4v) is 5.89. The number of hydrogen-bond donors (Lipinski definition) is 2. The minimum Gasteiger partial charge on any atom is -0.379 e. The molecular weight excluding hydrogens is 536 g/mol. The monoisotopic (exact) mass is 574 g/mol. The molecule has 2 heterocycles. The second-order valence-electron chi connectivity index (χ2n) is 10.8. The van der Waals surface area contributed by atoms with Gasteiger partial charge in [0.1, 0.15) is 0 Å². The molecule has 0 aromatic heterocycles. The van der Waals surface area contributed by atoms with Crippen LogP contribution >= 0.6 is 11.6 Å². The fourth-order valence-electron chi connectivity index (χ4n) is 5.67. The lowest BCUT2D eigenvalue weighted by atomic mass is 9.89. The summed E-state index contributed by atoms with van der Waals surface area (Å²) in [6.07, 6.45) is 4.09. The van der Waals surface area contributed by atoms with E-state index in [9.17, 15) is 9.59 Å². The first-order valence-corrected chi connectivity index (χ1v) is 15.0. The van der Waals surface area contributed by atoms with Crippen LogP contribution in [0.15, 0.2) is 72.8 Å². The largest absolute Gasteiger partial charge is 0.379 e. The molecule has 7 nitrogen and oxygen atoms in total. The van der Waals surface area contributed by atoms with E-state index in [0.717, 1.165) is 77.3 Å². The number of morpholine rings is 1. The lowest BCUT2D eigenvalue weighted by molar-refractivity contribution is 0.0374. The number of hydrogen-bond acceptors (Lipinski definition) is 5. The molecule has 2 amide bonds. The number of rotatable bonds is 10.